The highest BCUT2D eigenvalue weighted by Gasteiger charge is 2.23. The Morgan fingerprint density at radius 3 is 2.63 bits per heavy atom. The van der Waals surface area contributed by atoms with E-state index in [0.29, 0.717) is 6.04 Å². The summed E-state index contributed by atoms with van der Waals surface area (Å²) in [7, 11) is 0. The predicted molar refractivity (Wildman–Crippen MR) is 84.0 cm³/mol. The molecule has 3 nitrogen and oxygen atoms in total. The summed E-state index contributed by atoms with van der Waals surface area (Å²) in [6.07, 6.45) is 2.63. The fourth-order valence-corrected chi connectivity index (χ4v) is 3.76. The first-order valence-electron chi connectivity index (χ1n) is 7.55. The topological polar surface area (TPSA) is 28.2 Å². The standard InChI is InChI=1S/C15H27N3S/c1-5-16-12(4)14-10-19-15(17-14)18-8-6-13(7-9-18)11(2)3/h10-13,16H,5-9H2,1-4H3. The van der Waals surface area contributed by atoms with E-state index in [0.717, 1.165) is 18.4 Å². The molecule has 1 aliphatic rings. The van der Waals surface area contributed by atoms with Crippen molar-refractivity contribution in [1.29, 1.82) is 0 Å². The highest BCUT2D eigenvalue weighted by atomic mass is 32.1. The molecule has 2 heterocycles. The average molecular weight is 281 g/mol. The molecule has 1 aliphatic heterocycles. The van der Waals surface area contributed by atoms with Crippen LogP contribution in [0.2, 0.25) is 0 Å². The van der Waals surface area contributed by atoms with Gasteiger partial charge < -0.3 is 10.2 Å². The molecule has 0 aromatic carbocycles. The minimum absolute atomic E-state index is 0.364. The fourth-order valence-electron chi connectivity index (χ4n) is 2.79. The van der Waals surface area contributed by atoms with Gasteiger partial charge in [0.15, 0.2) is 5.13 Å². The number of aromatic nitrogens is 1. The third-order valence-electron chi connectivity index (χ3n) is 4.22. The van der Waals surface area contributed by atoms with Gasteiger partial charge in [-0.05, 0) is 38.1 Å². The van der Waals surface area contributed by atoms with Crippen molar-refractivity contribution < 1.29 is 0 Å². The van der Waals surface area contributed by atoms with Crippen LogP contribution >= 0.6 is 11.3 Å². The molecule has 0 saturated carbocycles. The average Bonchev–Trinajstić information content (AvgIpc) is 2.89. The van der Waals surface area contributed by atoms with Crippen LogP contribution in [-0.4, -0.2) is 24.6 Å². The molecule has 108 valence electrons. The van der Waals surface area contributed by atoms with Gasteiger partial charge in [0.05, 0.1) is 5.69 Å². The minimum atomic E-state index is 0.364. The zero-order valence-electron chi connectivity index (χ0n) is 12.6. The Morgan fingerprint density at radius 1 is 1.37 bits per heavy atom. The highest BCUT2D eigenvalue weighted by molar-refractivity contribution is 7.13. The van der Waals surface area contributed by atoms with Crippen molar-refractivity contribution >= 4 is 16.5 Å². The fraction of sp³-hybridized carbons (Fsp3) is 0.800. The van der Waals surface area contributed by atoms with E-state index in [9.17, 15) is 0 Å². The molecule has 1 fully saturated rings. The number of nitrogens with one attached hydrogen (secondary N) is 1. The molecule has 1 unspecified atom stereocenters. The summed E-state index contributed by atoms with van der Waals surface area (Å²) < 4.78 is 0. The van der Waals surface area contributed by atoms with Crippen LogP contribution < -0.4 is 10.2 Å². The maximum Gasteiger partial charge on any atom is 0.185 e. The summed E-state index contributed by atoms with van der Waals surface area (Å²) in [6.45, 7) is 12.4. The Labute approximate surface area is 121 Å². The SMILES string of the molecule is CCNC(C)c1csc(N2CCC(C(C)C)CC2)n1. The van der Waals surface area contributed by atoms with Gasteiger partial charge in [0.2, 0.25) is 0 Å². The molecule has 0 radical (unpaired) electrons. The summed E-state index contributed by atoms with van der Waals surface area (Å²) in [5.74, 6) is 1.72. The molecule has 1 N–H and O–H groups in total. The summed E-state index contributed by atoms with van der Waals surface area (Å²) in [5.41, 5.74) is 1.19. The van der Waals surface area contributed by atoms with Crippen LogP contribution in [0.25, 0.3) is 0 Å². The number of hydrogen-bond donors (Lipinski definition) is 1. The molecule has 1 saturated heterocycles. The van der Waals surface area contributed by atoms with Gasteiger partial charge in [-0.1, -0.05) is 20.8 Å². The van der Waals surface area contributed by atoms with Crippen molar-refractivity contribution in [2.24, 2.45) is 11.8 Å². The number of rotatable bonds is 5. The van der Waals surface area contributed by atoms with Gasteiger partial charge in [0.1, 0.15) is 0 Å². The number of hydrogen-bond acceptors (Lipinski definition) is 4. The van der Waals surface area contributed by atoms with Gasteiger partial charge in [0.25, 0.3) is 0 Å². The van der Waals surface area contributed by atoms with E-state index in [2.05, 4.69) is 43.3 Å². The van der Waals surface area contributed by atoms with Crippen molar-refractivity contribution in [2.75, 3.05) is 24.5 Å². The molecule has 1 atom stereocenters. The lowest BCUT2D eigenvalue weighted by atomic mass is 9.87. The maximum absolute atomic E-state index is 4.80. The van der Waals surface area contributed by atoms with Crippen molar-refractivity contribution in [3.63, 3.8) is 0 Å². The van der Waals surface area contributed by atoms with Crippen LogP contribution in [0.5, 0.6) is 0 Å². The molecule has 0 amide bonds. The second kappa shape index (κ2) is 6.71. The Morgan fingerprint density at radius 2 is 2.05 bits per heavy atom. The van der Waals surface area contributed by atoms with E-state index in [4.69, 9.17) is 4.98 Å². The first-order chi connectivity index (χ1) is 9.11. The Kier molecular flexibility index (Phi) is 5.22. The molecule has 0 spiro atoms. The van der Waals surface area contributed by atoms with Crippen LogP contribution in [-0.2, 0) is 0 Å². The van der Waals surface area contributed by atoms with Crippen LogP contribution in [0.15, 0.2) is 5.38 Å². The molecule has 0 bridgehead atoms. The lowest BCUT2D eigenvalue weighted by Gasteiger charge is -2.33. The zero-order chi connectivity index (χ0) is 13.8. The van der Waals surface area contributed by atoms with Crippen LogP contribution in [0.1, 0.15) is 52.3 Å². The van der Waals surface area contributed by atoms with E-state index < -0.39 is 0 Å². The van der Waals surface area contributed by atoms with E-state index in [1.54, 1.807) is 11.3 Å². The van der Waals surface area contributed by atoms with Crippen LogP contribution in [0, 0.1) is 11.8 Å². The number of piperidine rings is 1. The molecule has 1 aromatic heterocycles. The van der Waals surface area contributed by atoms with Crippen LogP contribution in [0.4, 0.5) is 5.13 Å². The quantitative estimate of drug-likeness (QED) is 0.892. The Bertz CT molecular complexity index is 380. The molecule has 19 heavy (non-hydrogen) atoms. The van der Waals surface area contributed by atoms with E-state index >= 15 is 0 Å². The first kappa shape index (κ1) is 14.8. The minimum Gasteiger partial charge on any atom is -0.348 e. The summed E-state index contributed by atoms with van der Waals surface area (Å²) in [4.78, 5) is 7.27. The van der Waals surface area contributed by atoms with Gasteiger partial charge in [0, 0.05) is 24.5 Å². The van der Waals surface area contributed by atoms with E-state index in [1.165, 1.54) is 36.8 Å². The monoisotopic (exact) mass is 281 g/mol. The summed E-state index contributed by atoms with van der Waals surface area (Å²) in [6, 6.07) is 0.364. The van der Waals surface area contributed by atoms with E-state index in [1.807, 2.05) is 0 Å². The highest BCUT2D eigenvalue weighted by Crippen LogP contribution is 2.30. The third-order valence-corrected chi connectivity index (χ3v) is 5.14. The van der Waals surface area contributed by atoms with Crippen molar-refractivity contribution in [3.05, 3.63) is 11.1 Å². The maximum atomic E-state index is 4.80. The smallest absolute Gasteiger partial charge is 0.185 e. The van der Waals surface area contributed by atoms with Crippen molar-refractivity contribution in [1.82, 2.24) is 10.3 Å². The Balaban J connectivity index is 1.93. The normalized spacial score (nSPS) is 19.1. The lowest BCUT2D eigenvalue weighted by Crippen LogP contribution is -2.35. The van der Waals surface area contributed by atoms with Gasteiger partial charge in [-0.15, -0.1) is 11.3 Å². The second-order valence-electron chi connectivity index (χ2n) is 5.90. The summed E-state index contributed by atoms with van der Waals surface area (Å²) in [5, 5.41) is 6.84. The van der Waals surface area contributed by atoms with Gasteiger partial charge >= 0.3 is 0 Å². The second-order valence-corrected chi connectivity index (χ2v) is 6.74. The van der Waals surface area contributed by atoms with Crippen LogP contribution in [0.3, 0.4) is 0 Å². The Hall–Kier alpha value is -0.610. The van der Waals surface area contributed by atoms with Gasteiger partial charge in [-0.3, -0.25) is 0 Å². The molecule has 1 aromatic rings. The first-order valence-corrected chi connectivity index (χ1v) is 8.43. The molecule has 0 aliphatic carbocycles. The summed E-state index contributed by atoms with van der Waals surface area (Å²) >= 11 is 1.79. The van der Waals surface area contributed by atoms with Gasteiger partial charge in [-0.2, -0.15) is 0 Å². The van der Waals surface area contributed by atoms with Crippen molar-refractivity contribution in [3.8, 4) is 0 Å². The van der Waals surface area contributed by atoms with E-state index in [-0.39, 0.29) is 0 Å². The number of anilines is 1. The van der Waals surface area contributed by atoms with Gasteiger partial charge in [-0.25, -0.2) is 4.98 Å². The predicted octanol–water partition coefficient (Wildman–Crippen LogP) is 3.69. The number of nitrogens with zero attached hydrogens (tertiary/aromatic N) is 2. The third kappa shape index (κ3) is 3.69. The molecular formula is C15H27N3S. The zero-order valence-corrected chi connectivity index (χ0v) is 13.5. The molecule has 2 rings (SSSR count). The lowest BCUT2D eigenvalue weighted by molar-refractivity contribution is 0.311. The molecular weight excluding hydrogens is 254 g/mol. The van der Waals surface area contributed by atoms with Crippen molar-refractivity contribution in [2.45, 2.75) is 46.6 Å². The largest absolute Gasteiger partial charge is 0.348 e. The number of thiazole rings is 1. The molecule has 4 heteroatoms.